The van der Waals surface area contributed by atoms with Crippen LogP contribution in [0.15, 0.2) is 59.7 Å². The average Bonchev–Trinajstić information content (AvgIpc) is 2.88. The fraction of sp³-hybridized carbons (Fsp3) is 0.296. The van der Waals surface area contributed by atoms with E-state index in [-0.39, 0.29) is 23.6 Å². The number of ether oxygens (including phenoxy) is 1. The van der Waals surface area contributed by atoms with Gasteiger partial charge in [-0.25, -0.2) is 9.18 Å². The van der Waals surface area contributed by atoms with Gasteiger partial charge in [-0.1, -0.05) is 24.3 Å². The number of pyridine rings is 2. The van der Waals surface area contributed by atoms with Crippen molar-refractivity contribution in [2.45, 2.75) is 13.0 Å². The second kappa shape index (κ2) is 9.58. The summed E-state index contributed by atoms with van der Waals surface area (Å²) >= 11 is 0. The van der Waals surface area contributed by atoms with Gasteiger partial charge in [0.15, 0.2) is 11.6 Å². The van der Waals surface area contributed by atoms with Gasteiger partial charge in [0.1, 0.15) is 17.9 Å². The van der Waals surface area contributed by atoms with Crippen molar-refractivity contribution in [1.29, 1.82) is 0 Å². The maximum atomic E-state index is 15.0. The Morgan fingerprint density at radius 3 is 2.58 bits per heavy atom. The van der Waals surface area contributed by atoms with E-state index in [4.69, 9.17) is 4.74 Å². The monoisotopic (exact) mass is 490 g/mol. The van der Waals surface area contributed by atoms with E-state index < -0.39 is 17.2 Å². The Labute approximate surface area is 207 Å². The topological polar surface area (TPSA) is 87.9 Å². The maximum Gasteiger partial charge on any atom is 0.341 e. The van der Waals surface area contributed by atoms with E-state index in [2.05, 4.69) is 22.0 Å². The van der Waals surface area contributed by atoms with Crippen LogP contribution in [-0.2, 0) is 0 Å². The number of fused-ring (bicyclic) bond motifs is 1. The largest absolute Gasteiger partial charge is 0.487 e. The molecule has 9 heteroatoms. The number of aromatic carboxylic acids is 1. The standard InChI is InChI=1S/C18H20FN3O4.C9H7N/c1-10-9-26-17-14-11(16(23)12(18(24)25)8-22(10)14)7-13(19)15(17)21-5-3-20(2)4-6-21;1-2-6-9-8(4-1)5-3-7-10-9/h7-8,10H,3-6,9H2,1-2H3,(H,24,25);1-7H. The molecule has 4 heterocycles. The van der Waals surface area contributed by atoms with Crippen molar-refractivity contribution in [3.63, 3.8) is 0 Å². The number of carboxylic acids is 1. The molecule has 0 radical (unpaired) electrons. The summed E-state index contributed by atoms with van der Waals surface area (Å²) in [5, 5.41) is 10.6. The summed E-state index contributed by atoms with van der Waals surface area (Å²) in [4.78, 5) is 32.3. The lowest BCUT2D eigenvalue weighted by molar-refractivity contribution is 0.0694. The number of likely N-dealkylation sites (N-methyl/N-ethyl adjacent to an activating group) is 1. The number of nitrogens with zero attached hydrogens (tertiary/aromatic N) is 4. The highest BCUT2D eigenvalue weighted by Crippen LogP contribution is 2.42. The van der Waals surface area contributed by atoms with E-state index in [1.54, 1.807) is 4.57 Å². The highest BCUT2D eigenvalue weighted by molar-refractivity contribution is 5.97. The highest BCUT2D eigenvalue weighted by Gasteiger charge is 2.30. The molecule has 1 unspecified atom stereocenters. The van der Waals surface area contributed by atoms with Crippen molar-refractivity contribution in [2.24, 2.45) is 0 Å². The van der Waals surface area contributed by atoms with Crippen molar-refractivity contribution in [2.75, 3.05) is 44.7 Å². The van der Waals surface area contributed by atoms with Gasteiger partial charge in [0.05, 0.1) is 22.5 Å². The van der Waals surface area contributed by atoms with E-state index in [0.717, 1.165) is 24.7 Å². The lowest BCUT2D eigenvalue weighted by atomic mass is 10.1. The molecule has 186 valence electrons. The summed E-state index contributed by atoms with van der Waals surface area (Å²) in [7, 11) is 2.02. The van der Waals surface area contributed by atoms with E-state index in [1.807, 2.05) is 49.3 Å². The van der Waals surface area contributed by atoms with Gasteiger partial charge in [-0.3, -0.25) is 9.78 Å². The zero-order valence-electron chi connectivity index (χ0n) is 20.1. The molecule has 2 aromatic heterocycles. The number of rotatable bonds is 2. The minimum atomic E-state index is -1.32. The molecule has 1 fully saturated rings. The van der Waals surface area contributed by atoms with Crippen molar-refractivity contribution < 1.29 is 19.0 Å². The first-order valence-electron chi connectivity index (χ1n) is 11.9. The number of carboxylic acid groups (broad SMARTS) is 1. The Kier molecular flexibility index (Phi) is 6.32. The number of hydrogen-bond acceptors (Lipinski definition) is 6. The predicted molar refractivity (Wildman–Crippen MR) is 137 cm³/mol. The molecule has 0 spiro atoms. The number of aromatic nitrogens is 2. The molecule has 36 heavy (non-hydrogen) atoms. The number of anilines is 1. The molecule has 2 aromatic carbocycles. The summed E-state index contributed by atoms with van der Waals surface area (Å²) in [5.74, 6) is -1.54. The van der Waals surface area contributed by atoms with E-state index in [9.17, 15) is 19.1 Å². The minimum absolute atomic E-state index is 0.0434. The van der Waals surface area contributed by atoms with Crippen LogP contribution >= 0.6 is 0 Å². The first-order valence-corrected chi connectivity index (χ1v) is 11.9. The van der Waals surface area contributed by atoms with E-state index >= 15 is 0 Å². The van der Waals surface area contributed by atoms with Crippen molar-refractivity contribution in [3.8, 4) is 5.75 Å². The van der Waals surface area contributed by atoms with Crippen LogP contribution < -0.4 is 15.1 Å². The summed E-state index contributed by atoms with van der Waals surface area (Å²) < 4.78 is 22.6. The van der Waals surface area contributed by atoms with Gasteiger partial charge in [0.25, 0.3) is 0 Å². The number of benzene rings is 2. The first kappa shape index (κ1) is 23.7. The Bertz CT molecular complexity index is 1450. The van der Waals surface area contributed by atoms with E-state index in [1.165, 1.54) is 11.6 Å². The van der Waals surface area contributed by atoms with Crippen molar-refractivity contribution >= 4 is 33.5 Å². The van der Waals surface area contributed by atoms with Gasteiger partial charge in [0.2, 0.25) is 5.43 Å². The Morgan fingerprint density at radius 2 is 1.86 bits per heavy atom. The highest BCUT2D eigenvalue weighted by atomic mass is 19.1. The fourth-order valence-corrected chi connectivity index (χ4v) is 4.70. The Balaban J connectivity index is 0.000000222. The number of carbonyl (C=O) groups is 1. The third-order valence-electron chi connectivity index (χ3n) is 6.70. The van der Waals surface area contributed by atoms with Crippen LogP contribution in [0.5, 0.6) is 5.75 Å². The van der Waals surface area contributed by atoms with Crippen LogP contribution in [-0.4, -0.2) is 65.4 Å². The van der Waals surface area contributed by atoms with Crippen LogP contribution in [0, 0.1) is 5.82 Å². The van der Waals surface area contributed by atoms with Gasteiger partial charge in [-0.15, -0.1) is 0 Å². The molecule has 0 bridgehead atoms. The van der Waals surface area contributed by atoms with Gasteiger partial charge in [-0.2, -0.15) is 0 Å². The number of para-hydroxylation sites is 1. The van der Waals surface area contributed by atoms with Crippen LogP contribution in [0.1, 0.15) is 23.3 Å². The second-order valence-electron chi connectivity index (χ2n) is 9.16. The van der Waals surface area contributed by atoms with Crippen molar-refractivity contribution in [1.82, 2.24) is 14.5 Å². The molecule has 1 N–H and O–H groups in total. The molecule has 1 saturated heterocycles. The normalized spacial score (nSPS) is 17.4. The Hall–Kier alpha value is -3.98. The Morgan fingerprint density at radius 1 is 1.14 bits per heavy atom. The molecule has 4 aromatic rings. The lowest BCUT2D eigenvalue weighted by Gasteiger charge is -2.37. The lowest BCUT2D eigenvalue weighted by Crippen LogP contribution is -2.45. The molecule has 0 saturated carbocycles. The molecule has 0 aliphatic carbocycles. The number of piperazine rings is 1. The molecule has 1 atom stereocenters. The summed E-state index contributed by atoms with van der Waals surface area (Å²) in [5.41, 5.74) is 0.836. The zero-order chi connectivity index (χ0) is 25.4. The minimum Gasteiger partial charge on any atom is -0.487 e. The number of halogens is 1. The molecular formula is C27H27FN4O4. The predicted octanol–water partition coefficient (Wildman–Crippen LogP) is 3.78. The molecule has 2 aliphatic heterocycles. The van der Waals surface area contributed by atoms with Gasteiger partial charge < -0.3 is 24.2 Å². The molecule has 8 nitrogen and oxygen atoms in total. The summed E-state index contributed by atoms with van der Waals surface area (Å²) in [6, 6.07) is 13.1. The molecular weight excluding hydrogens is 463 g/mol. The second-order valence-corrected chi connectivity index (χ2v) is 9.16. The van der Waals surface area contributed by atoms with Gasteiger partial charge >= 0.3 is 5.97 Å². The fourth-order valence-electron chi connectivity index (χ4n) is 4.70. The number of hydrogen-bond donors (Lipinski definition) is 1. The third kappa shape index (κ3) is 4.26. The SMILES string of the molecule is CC1COc2c(N3CCN(C)CC3)c(F)cc3c(=O)c(C(=O)O)cn1c23.c1ccc2ncccc2c1. The van der Waals surface area contributed by atoms with Crippen LogP contribution in [0.2, 0.25) is 0 Å². The smallest absolute Gasteiger partial charge is 0.341 e. The van der Waals surface area contributed by atoms with Gasteiger partial charge in [0, 0.05) is 44.0 Å². The van der Waals surface area contributed by atoms with Crippen LogP contribution in [0.4, 0.5) is 10.1 Å². The quantitative estimate of drug-likeness (QED) is 0.458. The molecule has 6 rings (SSSR count). The summed E-state index contributed by atoms with van der Waals surface area (Å²) in [6.07, 6.45) is 3.15. The maximum absolute atomic E-state index is 15.0. The van der Waals surface area contributed by atoms with E-state index in [0.29, 0.717) is 30.0 Å². The average molecular weight is 491 g/mol. The first-order chi connectivity index (χ1) is 17.3. The zero-order valence-corrected chi connectivity index (χ0v) is 20.1. The summed E-state index contributed by atoms with van der Waals surface area (Å²) in [6.45, 7) is 5.08. The van der Waals surface area contributed by atoms with Crippen LogP contribution in [0.25, 0.3) is 21.8 Å². The van der Waals surface area contributed by atoms with Crippen molar-refractivity contribution in [3.05, 3.63) is 76.5 Å². The van der Waals surface area contributed by atoms with Crippen LogP contribution in [0.3, 0.4) is 0 Å². The van der Waals surface area contributed by atoms with Gasteiger partial charge in [-0.05, 0) is 32.2 Å². The third-order valence-corrected chi connectivity index (χ3v) is 6.70. The molecule has 0 amide bonds. The molecule has 2 aliphatic rings.